The molecule has 0 spiro atoms. The van der Waals surface area contributed by atoms with Crippen LogP contribution >= 0.6 is 0 Å². The molecule has 0 saturated carbocycles. The van der Waals surface area contributed by atoms with Crippen molar-refractivity contribution in [3.05, 3.63) is 36.0 Å². The van der Waals surface area contributed by atoms with E-state index in [9.17, 15) is 4.79 Å². The third kappa shape index (κ3) is 5.82. The van der Waals surface area contributed by atoms with Gasteiger partial charge in [0.1, 0.15) is 11.4 Å². The lowest BCUT2D eigenvalue weighted by atomic mass is 10.1. The smallest absolute Gasteiger partial charge is 0.269 e. The van der Waals surface area contributed by atoms with E-state index in [1.807, 2.05) is 30.3 Å². The maximum atomic E-state index is 12.6. The zero-order chi connectivity index (χ0) is 19.8. The fourth-order valence-electron chi connectivity index (χ4n) is 3.13. The molecule has 1 aromatic heterocycles. The Hall–Kier alpha value is -2.34. The van der Waals surface area contributed by atoms with Crippen LogP contribution in [0.2, 0.25) is 0 Å². The minimum atomic E-state index is -0.0884. The second-order valence-electron chi connectivity index (χ2n) is 6.81. The van der Waals surface area contributed by atoms with E-state index in [0.29, 0.717) is 5.69 Å². The van der Waals surface area contributed by atoms with Crippen molar-refractivity contribution in [3.63, 3.8) is 0 Å². The quantitative estimate of drug-likeness (QED) is 0.695. The average molecular weight is 373 g/mol. The molecule has 0 bridgehead atoms. The third-order valence-electron chi connectivity index (χ3n) is 4.86. The van der Waals surface area contributed by atoms with E-state index in [-0.39, 0.29) is 11.9 Å². The van der Waals surface area contributed by atoms with E-state index < -0.39 is 0 Å². The van der Waals surface area contributed by atoms with E-state index in [1.54, 1.807) is 18.8 Å². The van der Waals surface area contributed by atoms with Crippen molar-refractivity contribution in [1.82, 2.24) is 20.0 Å². The molecule has 0 aliphatic carbocycles. The number of hydrogen-bond acceptors (Lipinski definition) is 4. The second-order valence-corrected chi connectivity index (χ2v) is 6.81. The molecule has 2 aromatic rings. The van der Waals surface area contributed by atoms with Gasteiger partial charge >= 0.3 is 0 Å². The number of methoxy groups -OCH3 is 1. The second kappa shape index (κ2) is 10.1. The number of aryl methyl sites for hydroxylation is 1. The number of hydrogen-bond donors (Lipinski definition) is 1. The molecule has 1 unspecified atom stereocenters. The van der Waals surface area contributed by atoms with Gasteiger partial charge in [0, 0.05) is 18.7 Å². The summed E-state index contributed by atoms with van der Waals surface area (Å²) in [6.45, 7) is 9.62. The van der Waals surface area contributed by atoms with Gasteiger partial charge in [0.15, 0.2) is 0 Å². The zero-order valence-corrected chi connectivity index (χ0v) is 17.2. The van der Waals surface area contributed by atoms with Gasteiger partial charge in [-0.25, -0.2) is 0 Å². The first-order valence-corrected chi connectivity index (χ1v) is 9.70. The summed E-state index contributed by atoms with van der Waals surface area (Å²) in [5.41, 5.74) is 2.25. The van der Waals surface area contributed by atoms with Crippen molar-refractivity contribution in [2.75, 3.05) is 26.7 Å². The van der Waals surface area contributed by atoms with Crippen LogP contribution in [0.5, 0.6) is 5.75 Å². The molecule has 0 fully saturated rings. The molecule has 0 radical (unpaired) electrons. The Bertz CT molecular complexity index is 738. The first-order valence-electron chi connectivity index (χ1n) is 9.70. The number of nitrogens with zero attached hydrogens (tertiary/aromatic N) is 3. The highest BCUT2D eigenvalue weighted by molar-refractivity contribution is 5.93. The largest absolute Gasteiger partial charge is 0.497 e. The number of rotatable bonds is 10. The molecule has 1 atom stereocenters. The third-order valence-corrected chi connectivity index (χ3v) is 4.86. The Balaban J connectivity index is 1.97. The van der Waals surface area contributed by atoms with Crippen molar-refractivity contribution >= 4 is 5.91 Å². The van der Waals surface area contributed by atoms with Crippen LogP contribution in [0.1, 0.15) is 44.1 Å². The van der Waals surface area contributed by atoms with Gasteiger partial charge in [-0.2, -0.15) is 5.10 Å². The summed E-state index contributed by atoms with van der Waals surface area (Å²) >= 11 is 0. The van der Waals surface area contributed by atoms with Gasteiger partial charge in [-0.05, 0) is 57.6 Å². The fraction of sp³-hybridized carbons (Fsp3) is 0.524. The number of benzene rings is 1. The molecule has 1 aromatic carbocycles. The normalized spacial score (nSPS) is 12.2. The minimum absolute atomic E-state index is 0.0884. The van der Waals surface area contributed by atoms with E-state index in [2.05, 4.69) is 36.1 Å². The summed E-state index contributed by atoms with van der Waals surface area (Å²) < 4.78 is 6.90. The number of amides is 1. The lowest BCUT2D eigenvalue weighted by Crippen LogP contribution is -2.34. The van der Waals surface area contributed by atoms with E-state index >= 15 is 0 Å². The standard InChI is InChI=1S/C21H32N4O2/c1-6-25(7-2)13-9-10-16(3)22-21(26)20-15-19(23-24(20)4)17-11-8-12-18(14-17)27-5/h8,11-12,14-16H,6-7,9-10,13H2,1-5H3,(H,22,26). The van der Waals surface area contributed by atoms with Crippen LogP contribution in [-0.4, -0.2) is 53.4 Å². The summed E-state index contributed by atoms with van der Waals surface area (Å²) in [6.07, 6.45) is 2.03. The van der Waals surface area contributed by atoms with Crippen LogP contribution in [0, 0.1) is 0 Å². The molecule has 27 heavy (non-hydrogen) atoms. The number of ether oxygens (including phenoxy) is 1. The summed E-state index contributed by atoms with van der Waals surface area (Å²) in [5, 5.41) is 7.58. The van der Waals surface area contributed by atoms with Crippen LogP contribution in [0.4, 0.5) is 0 Å². The molecule has 1 amide bonds. The van der Waals surface area contributed by atoms with Crippen LogP contribution in [0.15, 0.2) is 30.3 Å². The number of nitrogens with one attached hydrogen (secondary N) is 1. The Morgan fingerprint density at radius 2 is 2.04 bits per heavy atom. The molecule has 148 valence electrons. The zero-order valence-electron chi connectivity index (χ0n) is 17.2. The molecule has 1 heterocycles. The highest BCUT2D eigenvalue weighted by atomic mass is 16.5. The number of aromatic nitrogens is 2. The summed E-state index contributed by atoms with van der Waals surface area (Å²) in [7, 11) is 3.43. The molecule has 0 saturated heterocycles. The van der Waals surface area contributed by atoms with Gasteiger partial charge < -0.3 is 15.0 Å². The Kier molecular flexibility index (Phi) is 7.85. The molecule has 1 N–H and O–H groups in total. The average Bonchev–Trinajstić information content (AvgIpc) is 3.07. The Morgan fingerprint density at radius 1 is 1.30 bits per heavy atom. The summed E-state index contributed by atoms with van der Waals surface area (Å²) in [4.78, 5) is 15.0. The fourth-order valence-corrected chi connectivity index (χ4v) is 3.13. The van der Waals surface area contributed by atoms with Gasteiger partial charge in [-0.3, -0.25) is 9.48 Å². The van der Waals surface area contributed by atoms with E-state index in [1.165, 1.54) is 0 Å². The van der Waals surface area contributed by atoms with Gasteiger partial charge in [-0.1, -0.05) is 26.0 Å². The van der Waals surface area contributed by atoms with Crippen LogP contribution in [0.25, 0.3) is 11.3 Å². The predicted octanol–water partition coefficient (Wildman–Crippen LogP) is 3.34. The first-order chi connectivity index (χ1) is 13.0. The van der Waals surface area contributed by atoms with E-state index in [0.717, 1.165) is 49.5 Å². The molecular formula is C21H32N4O2. The Morgan fingerprint density at radius 3 is 2.70 bits per heavy atom. The topological polar surface area (TPSA) is 59.4 Å². The lowest BCUT2D eigenvalue weighted by molar-refractivity contribution is 0.0927. The molecule has 6 heteroatoms. The summed E-state index contributed by atoms with van der Waals surface area (Å²) in [5.74, 6) is 0.681. The van der Waals surface area contributed by atoms with Crippen molar-refractivity contribution in [1.29, 1.82) is 0 Å². The van der Waals surface area contributed by atoms with Crippen molar-refractivity contribution < 1.29 is 9.53 Å². The van der Waals surface area contributed by atoms with Crippen molar-refractivity contribution in [2.24, 2.45) is 7.05 Å². The van der Waals surface area contributed by atoms with Gasteiger partial charge in [0.25, 0.3) is 5.91 Å². The molecule has 2 rings (SSSR count). The Labute approximate surface area is 162 Å². The van der Waals surface area contributed by atoms with Gasteiger partial charge in [0.05, 0.1) is 12.8 Å². The molecule has 0 aliphatic heterocycles. The highest BCUT2D eigenvalue weighted by Crippen LogP contribution is 2.23. The summed E-state index contributed by atoms with van der Waals surface area (Å²) in [6, 6.07) is 9.64. The predicted molar refractivity (Wildman–Crippen MR) is 109 cm³/mol. The van der Waals surface area contributed by atoms with Crippen LogP contribution in [-0.2, 0) is 7.05 Å². The maximum Gasteiger partial charge on any atom is 0.269 e. The van der Waals surface area contributed by atoms with Gasteiger partial charge in [-0.15, -0.1) is 0 Å². The van der Waals surface area contributed by atoms with Crippen LogP contribution < -0.4 is 10.1 Å². The van der Waals surface area contributed by atoms with Crippen molar-refractivity contribution in [2.45, 2.75) is 39.7 Å². The van der Waals surface area contributed by atoms with E-state index in [4.69, 9.17) is 4.74 Å². The highest BCUT2D eigenvalue weighted by Gasteiger charge is 2.16. The number of carbonyl (C=O) groups excluding carboxylic acids is 1. The lowest BCUT2D eigenvalue weighted by Gasteiger charge is -2.19. The monoisotopic (exact) mass is 372 g/mol. The van der Waals surface area contributed by atoms with Crippen LogP contribution in [0.3, 0.4) is 0 Å². The number of carbonyl (C=O) groups is 1. The van der Waals surface area contributed by atoms with Gasteiger partial charge in [0.2, 0.25) is 0 Å². The molecule has 0 aliphatic rings. The van der Waals surface area contributed by atoms with Crippen molar-refractivity contribution in [3.8, 4) is 17.0 Å². The maximum absolute atomic E-state index is 12.6. The minimum Gasteiger partial charge on any atom is -0.497 e. The SMILES string of the molecule is CCN(CC)CCCC(C)NC(=O)c1cc(-c2cccc(OC)c2)nn1C. The molecular weight excluding hydrogens is 340 g/mol. The molecule has 6 nitrogen and oxygen atoms in total. The first kappa shape index (κ1) is 21.0.